The molecule has 0 saturated carbocycles. The summed E-state index contributed by atoms with van der Waals surface area (Å²) >= 11 is 1.89. The van der Waals surface area contributed by atoms with E-state index >= 15 is 0 Å². The van der Waals surface area contributed by atoms with E-state index in [1.807, 2.05) is 11.8 Å². The number of amides is 3. The maximum absolute atomic E-state index is 11.8. The van der Waals surface area contributed by atoms with Crippen molar-refractivity contribution in [3.63, 3.8) is 0 Å². The minimum atomic E-state index is -1.00. The fraction of sp³-hybridized carbons (Fsp3) is 0.833. The summed E-state index contributed by atoms with van der Waals surface area (Å²) in [6.07, 6.45) is 3.30. The first-order valence-electron chi connectivity index (χ1n) is 9.96. The van der Waals surface area contributed by atoms with E-state index in [-0.39, 0.29) is 37.2 Å². The number of carbonyl (C=O) groups excluding carboxylic acids is 2. The van der Waals surface area contributed by atoms with Gasteiger partial charge in [-0.1, -0.05) is 6.42 Å². The average Bonchev–Trinajstić information content (AvgIpc) is 3.22. The molecule has 2 fully saturated rings. The smallest absolute Gasteiger partial charge is 0.329 e. The summed E-state index contributed by atoms with van der Waals surface area (Å²) in [6, 6.07) is 0.402. The summed E-state index contributed by atoms with van der Waals surface area (Å²) in [5.74, 6) is -0.0239. The Kier molecular flexibility index (Phi) is 11.1. The molecular formula is C18H31N3O7S. The highest BCUT2D eigenvalue weighted by atomic mass is 32.2. The molecule has 3 amide bonds. The first-order chi connectivity index (χ1) is 14.1. The van der Waals surface area contributed by atoms with Crippen LogP contribution in [-0.2, 0) is 23.8 Å². The zero-order chi connectivity index (χ0) is 20.9. The highest BCUT2D eigenvalue weighted by molar-refractivity contribution is 8.00. The standard InChI is InChI=1S/C18H31N3O7S/c22-15(19-5-6-26-7-8-27-9-10-28-11-16(23)24)4-2-1-3-14-17-13(12-29-14)20-18(25)21-17/h13-14,17H,1-12H2,(H,19,22)(H,23,24)(H2,20,21,25)/t13-,14?,17-/m1/s1. The highest BCUT2D eigenvalue weighted by Gasteiger charge is 2.42. The number of carboxylic acid groups (broad SMARTS) is 1. The van der Waals surface area contributed by atoms with Gasteiger partial charge in [0.15, 0.2) is 0 Å². The van der Waals surface area contributed by atoms with Crippen molar-refractivity contribution in [1.82, 2.24) is 16.0 Å². The molecule has 0 aromatic carbocycles. The van der Waals surface area contributed by atoms with Crippen molar-refractivity contribution in [3.05, 3.63) is 0 Å². The number of rotatable bonds is 16. The van der Waals surface area contributed by atoms with E-state index in [1.165, 1.54) is 0 Å². The molecule has 3 atom stereocenters. The van der Waals surface area contributed by atoms with Gasteiger partial charge in [0.25, 0.3) is 0 Å². The second-order valence-electron chi connectivity index (χ2n) is 6.89. The van der Waals surface area contributed by atoms with Gasteiger partial charge in [0, 0.05) is 24.0 Å². The Bertz CT molecular complexity index is 538. The van der Waals surface area contributed by atoms with Crippen molar-refractivity contribution in [2.24, 2.45) is 0 Å². The van der Waals surface area contributed by atoms with Gasteiger partial charge >= 0.3 is 12.0 Å². The number of fused-ring (bicyclic) bond motifs is 1. The lowest BCUT2D eigenvalue weighted by Gasteiger charge is -2.16. The van der Waals surface area contributed by atoms with Crippen LogP contribution in [0.1, 0.15) is 25.7 Å². The van der Waals surface area contributed by atoms with Crippen molar-refractivity contribution < 1.29 is 33.7 Å². The van der Waals surface area contributed by atoms with Crippen LogP contribution < -0.4 is 16.0 Å². The largest absolute Gasteiger partial charge is 0.480 e. The number of hydrogen-bond donors (Lipinski definition) is 4. The molecule has 2 aliphatic heterocycles. The van der Waals surface area contributed by atoms with Crippen LogP contribution in [0.15, 0.2) is 0 Å². The topological polar surface area (TPSA) is 135 Å². The van der Waals surface area contributed by atoms with E-state index in [0.717, 1.165) is 25.0 Å². The summed E-state index contributed by atoms with van der Waals surface area (Å²) in [5, 5.41) is 17.6. The fourth-order valence-corrected chi connectivity index (χ4v) is 4.77. The van der Waals surface area contributed by atoms with Crippen LogP contribution in [-0.4, -0.2) is 92.3 Å². The SMILES string of the molecule is O=C(O)COCCOCCOCCNC(=O)CCCCC1SC[C@H]2NC(=O)N[C@@H]12. The third-order valence-electron chi connectivity index (χ3n) is 4.62. The maximum Gasteiger partial charge on any atom is 0.329 e. The Morgan fingerprint density at radius 1 is 1.07 bits per heavy atom. The number of aliphatic carboxylic acids is 1. The predicted octanol–water partition coefficient (Wildman–Crippen LogP) is -0.0372. The van der Waals surface area contributed by atoms with Crippen LogP contribution in [0.3, 0.4) is 0 Å². The molecule has 11 heteroatoms. The van der Waals surface area contributed by atoms with E-state index in [2.05, 4.69) is 16.0 Å². The fourth-order valence-electron chi connectivity index (χ4n) is 3.22. The molecule has 4 N–H and O–H groups in total. The van der Waals surface area contributed by atoms with Gasteiger partial charge in [-0.25, -0.2) is 9.59 Å². The van der Waals surface area contributed by atoms with Gasteiger partial charge in [-0.05, 0) is 12.8 Å². The van der Waals surface area contributed by atoms with Gasteiger partial charge in [-0.2, -0.15) is 11.8 Å². The molecule has 2 aliphatic rings. The number of urea groups is 1. The lowest BCUT2D eigenvalue weighted by molar-refractivity contribution is -0.142. The van der Waals surface area contributed by atoms with Gasteiger partial charge in [-0.3, -0.25) is 4.79 Å². The number of carboxylic acids is 1. The number of ether oxygens (including phenoxy) is 3. The molecule has 0 aromatic rings. The Morgan fingerprint density at radius 3 is 2.55 bits per heavy atom. The highest BCUT2D eigenvalue weighted by Crippen LogP contribution is 2.33. The minimum absolute atomic E-state index is 0.0215. The van der Waals surface area contributed by atoms with Gasteiger partial charge in [-0.15, -0.1) is 0 Å². The van der Waals surface area contributed by atoms with Crippen LogP contribution in [0.4, 0.5) is 4.79 Å². The molecule has 1 unspecified atom stereocenters. The molecule has 10 nitrogen and oxygen atoms in total. The molecule has 29 heavy (non-hydrogen) atoms. The predicted molar refractivity (Wildman–Crippen MR) is 107 cm³/mol. The molecule has 0 radical (unpaired) electrons. The third kappa shape index (κ3) is 9.66. The van der Waals surface area contributed by atoms with Crippen molar-refractivity contribution in [2.45, 2.75) is 43.0 Å². The average molecular weight is 434 g/mol. The number of nitrogens with one attached hydrogen (secondary N) is 3. The first kappa shape index (κ1) is 23.7. The summed E-state index contributed by atoms with van der Waals surface area (Å²) in [6.45, 7) is 1.89. The summed E-state index contributed by atoms with van der Waals surface area (Å²) in [5.41, 5.74) is 0. The van der Waals surface area contributed by atoms with Gasteiger partial charge in [0.2, 0.25) is 5.91 Å². The van der Waals surface area contributed by atoms with E-state index in [4.69, 9.17) is 19.3 Å². The molecule has 0 aromatic heterocycles. The van der Waals surface area contributed by atoms with Crippen LogP contribution in [0, 0.1) is 0 Å². The molecule has 166 valence electrons. The number of unbranched alkanes of at least 4 members (excludes halogenated alkanes) is 1. The zero-order valence-corrected chi connectivity index (χ0v) is 17.3. The van der Waals surface area contributed by atoms with Gasteiger partial charge in [0.05, 0.1) is 45.1 Å². The summed E-state index contributed by atoms with van der Waals surface area (Å²) in [7, 11) is 0. The third-order valence-corrected chi connectivity index (χ3v) is 6.13. The van der Waals surface area contributed by atoms with Crippen LogP contribution in [0.2, 0.25) is 0 Å². The Labute approximate surface area is 174 Å². The monoisotopic (exact) mass is 433 g/mol. The van der Waals surface area contributed by atoms with Gasteiger partial charge in [0.1, 0.15) is 6.61 Å². The van der Waals surface area contributed by atoms with Crippen LogP contribution >= 0.6 is 11.8 Å². The van der Waals surface area contributed by atoms with E-state index in [1.54, 1.807) is 0 Å². The van der Waals surface area contributed by atoms with Crippen molar-refractivity contribution >= 4 is 29.7 Å². The van der Waals surface area contributed by atoms with E-state index in [9.17, 15) is 14.4 Å². The molecular weight excluding hydrogens is 402 g/mol. The molecule has 0 spiro atoms. The molecule has 0 bridgehead atoms. The van der Waals surface area contributed by atoms with Crippen LogP contribution in [0.25, 0.3) is 0 Å². The second-order valence-corrected chi connectivity index (χ2v) is 8.16. The Morgan fingerprint density at radius 2 is 1.79 bits per heavy atom. The zero-order valence-electron chi connectivity index (χ0n) is 16.5. The quantitative estimate of drug-likeness (QED) is 0.197. The minimum Gasteiger partial charge on any atom is -0.480 e. The first-order valence-corrected chi connectivity index (χ1v) is 11.0. The van der Waals surface area contributed by atoms with Crippen molar-refractivity contribution in [2.75, 3.05) is 51.9 Å². The molecule has 0 aliphatic carbocycles. The number of carbonyl (C=O) groups is 3. The lowest BCUT2D eigenvalue weighted by atomic mass is 10.0. The van der Waals surface area contributed by atoms with E-state index < -0.39 is 5.97 Å². The van der Waals surface area contributed by atoms with Crippen molar-refractivity contribution in [3.8, 4) is 0 Å². The maximum atomic E-state index is 11.8. The molecule has 2 rings (SSSR count). The Hall–Kier alpha value is -1.56. The Balaban J connectivity index is 1.34. The normalized spacial score (nSPS) is 22.8. The molecule has 2 saturated heterocycles. The van der Waals surface area contributed by atoms with Crippen molar-refractivity contribution in [1.29, 1.82) is 0 Å². The van der Waals surface area contributed by atoms with Gasteiger partial charge < -0.3 is 35.3 Å². The number of thioether (sulfide) groups is 1. The summed E-state index contributed by atoms with van der Waals surface area (Å²) < 4.78 is 15.4. The van der Waals surface area contributed by atoms with E-state index in [0.29, 0.717) is 44.6 Å². The number of hydrogen-bond acceptors (Lipinski definition) is 7. The summed E-state index contributed by atoms with van der Waals surface area (Å²) in [4.78, 5) is 33.4. The van der Waals surface area contributed by atoms with Crippen LogP contribution in [0.5, 0.6) is 0 Å². The molecule has 2 heterocycles. The lowest BCUT2D eigenvalue weighted by Crippen LogP contribution is -2.36. The second kappa shape index (κ2) is 13.6.